The van der Waals surface area contributed by atoms with Crippen molar-refractivity contribution in [2.45, 2.75) is 25.4 Å². The molecule has 0 aromatic rings. The van der Waals surface area contributed by atoms with Crippen LogP contribution in [0.3, 0.4) is 0 Å². The van der Waals surface area contributed by atoms with Crippen molar-refractivity contribution < 1.29 is 20.1 Å². The van der Waals surface area contributed by atoms with Crippen LogP contribution < -0.4 is 5.11 Å². The lowest BCUT2D eigenvalue weighted by Crippen LogP contribution is -2.35. The fourth-order valence-electron chi connectivity index (χ4n) is 0.640. The van der Waals surface area contributed by atoms with Crippen LogP contribution in [0.15, 0.2) is 0 Å². The zero-order valence-corrected chi connectivity index (χ0v) is 5.83. The molecule has 0 saturated carbocycles. The van der Waals surface area contributed by atoms with Crippen LogP contribution in [0.25, 0.3) is 0 Å². The highest BCUT2D eigenvalue weighted by Gasteiger charge is 2.19. The third-order valence-corrected chi connectivity index (χ3v) is 1.18. The van der Waals surface area contributed by atoms with Crippen molar-refractivity contribution in [3.05, 3.63) is 0 Å². The largest absolute Gasteiger partial charge is 0.550 e. The quantitative estimate of drug-likeness (QED) is 0.494. The van der Waals surface area contributed by atoms with Gasteiger partial charge in [0.15, 0.2) is 0 Å². The van der Waals surface area contributed by atoms with Gasteiger partial charge in [-0.1, -0.05) is 0 Å². The Morgan fingerprint density at radius 1 is 1.70 bits per heavy atom. The Hall–Kier alpha value is -0.610. The Labute approximate surface area is 59.1 Å². The van der Waals surface area contributed by atoms with Crippen molar-refractivity contribution >= 4 is 5.97 Å². The van der Waals surface area contributed by atoms with Gasteiger partial charge in [-0.2, -0.15) is 0 Å². The fraction of sp³-hybridized carbons (Fsp3) is 0.833. The molecule has 0 radical (unpaired) electrons. The van der Waals surface area contributed by atoms with E-state index in [9.17, 15) is 9.90 Å². The van der Waals surface area contributed by atoms with E-state index in [2.05, 4.69) is 0 Å². The van der Waals surface area contributed by atoms with Crippen LogP contribution in [0.5, 0.6) is 0 Å². The Bertz CT molecular complexity index is 119. The van der Waals surface area contributed by atoms with Gasteiger partial charge in [-0.3, -0.25) is 0 Å². The number of carboxylic acids is 1. The van der Waals surface area contributed by atoms with Crippen molar-refractivity contribution in [1.82, 2.24) is 0 Å². The van der Waals surface area contributed by atoms with E-state index in [1.165, 1.54) is 6.92 Å². The Morgan fingerprint density at radius 3 is 2.50 bits per heavy atom. The predicted molar refractivity (Wildman–Crippen MR) is 32.0 cm³/mol. The lowest BCUT2D eigenvalue weighted by Gasteiger charge is -2.22. The molecule has 60 valence electrons. The summed E-state index contributed by atoms with van der Waals surface area (Å²) in [4.78, 5) is 9.94. The van der Waals surface area contributed by atoms with E-state index in [1.807, 2.05) is 0 Å². The minimum Gasteiger partial charge on any atom is -0.550 e. The van der Waals surface area contributed by atoms with Gasteiger partial charge in [0.25, 0.3) is 0 Å². The average Bonchev–Trinajstić information content (AvgIpc) is 1.59. The molecule has 0 spiro atoms. The maximum Gasteiger partial charge on any atom is 0.0693 e. The summed E-state index contributed by atoms with van der Waals surface area (Å²) in [6.45, 7) is 1.12. The summed E-state index contributed by atoms with van der Waals surface area (Å²) in [5.74, 6) is -1.31. The Balaban J connectivity index is 3.74. The van der Waals surface area contributed by atoms with Gasteiger partial charge in [-0.15, -0.1) is 0 Å². The van der Waals surface area contributed by atoms with E-state index in [0.29, 0.717) is 0 Å². The predicted octanol–water partition coefficient (Wildman–Crippen LogP) is -1.74. The molecule has 0 heterocycles. The molecule has 0 saturated heterocycles. The highest BCUT2D eigenvalue weighted by molar-refractivity contribution is 5.65. The topological polar surface area (TPSA) is 80.6 Å². The maximum atomic E-state index is 9.94. The van der Waals surface area contributed by atoms with Gasteiger partial charge in [0.1, 0.15) is 0 Å². The molecule has 0 aliphatic heterocycles. The monoisotopic (exact) mass is 147 g/mol. The number of hydrogen-bond acceptors (Lipinski definition) is 4. The normalized spacial score (nSPS) is 16.3. The molecular weight excluding hydrogens is 136 g/mol. The number of aliphatic hydroxyl groups is 2. The molecule has 0 unspecified atom stereocenters. The highest BCUT2D eigenvalue weighted by Crippen LogP contribution is 2.12. The van der Waals surface area contributed by atoms with E-state index in [-0.39, 0.29) is 13.0 Å². The molecule has 4 nitrogen and oxygen atoms in total. The zero-order chi connectivity index (χ0) is 8.20. The lowest BCUT2D eigenvalue weighted by atomic mass is 9.99. The second-order valence-corrected chi connectivity index (χ2v) is 2.52. The van der Waals surface area contributed by atoms with E-state index >= 15 is 0 Å². The van der Waals surface area contributed by atoms with Gasteiger partial charge in [-0.05, 0) is 13.3 Å². The Kier molecular flexibility index (Phi) is 3.32. The summed E-state index contributed by atoms with van der Waals surface area (Å²) in [5, 5.41) is 27.4. The number of aliphatic carboxylic acids is 1. The fourth-order valence-corrected chi connectivity index (χ4v) is 0.640. The smallest absolute Gasteiger partial charge is 0.0693 e. The third-order valence-electron chi connectivity index (χ3n) is 1.18. The van der Waals surface area contributed by atoms with E-state index < -0.39 is 18.0 Å². The maximum absolute atomic E-state index is 9.94. The first-order valence-electron chi connectivity index (χ1n) is 3.01. The number of aliphatic hydroxyl groups excluding tert-OH is 1. The second kappa shape index (κ2) is 3.53. The van der Waals surface area contributed by atoms with Crippen molar-refractivity contribution in [2.75, 3.05) is 6.61 Å². The SMILES string of the molecule is C[C@](O)(CCO)CC(=O)[O-]. The molecular formula is C6H11O4-. The standard InChI is InChI=1S/C6H12O4/c1-6(10,2-3-7)4-5(8)9/h7,10H,2-4H2,1H3,(H,8,9)/p-1/t6-/m0/s1. The van der Waals surface area contributed by atoms with Gasteiger partial charge in [0.05, 0.1) is 5.60 Å². The van der Waals surface area contributed by atoms with Crippen LogP contribution in [0, 0.1) is 0 Å². The molecule has 0 bridgehead atoms. The van der Waals surface area contributed by atoms with Gasteiger partial charge in [-0.25, -0.2) is 0 Å². The van der Waals surface area contributed by atoms with Gasteiger partial charge >= 0.3 is 0 Å². The Morgan fingerprint density at radius 2 is 2.20 bits per heavy atom. The van der Waals surface area contributed by atoms with Crippen LogP contribution in [-0.4, -0.2) is 28.4 Å². The molecule has 10 heavy (non-hydrogen) atoms. The number of rotatable bonds is 4. The lowest BCUT2D eigenvalue weighted by molar-refractivity contribution is -0.309. The first-order chi connectivity index (χ1) is 4.48. The van der Waals surface area contributed by atoms with Crippen molar-refractivity contribution in [1.29, 1.82) is 0 Å². The number of carboxylic acid groups (broad SMARTS) is 1. The molecule has 4 heteroatoms. The van der Waals surface area contributed by atoms with Gasteiger partial charge in [0, 0.05) is 19.0 Å². The molecule has 0 aromatic carbocycles. The number of carbonyl (C=O) groups excluding carboxylic acids is 1. The first-order valence-corrected chi connectivity index (χ1v) is 3.01. The van der Waals surface area contributed by atoms with E-state index in [1.54, 1.807) is 0 Å². The third kappa shape index (κ3) is 4.29. The van der Waals surface area contributed by atoms with Gasteiger partial charge < -0.3 is 20.1 Å². The van der Waals surface area contributed by atoms with E-state index in [0.717, 1.165) is 0 Å². The summed E-state index contributed by atoms with van der Waals surface area (Å²) in [5.41, 5.74) is -1.34. The highest BCUT2D eigenvalue weighted by atomic mass is 16.4. The molecule has 0 aliphatic rings. The summed E-state index contributed by atoms with van der Waals surface area (Å²) in [7, 11) is 0. The average molecular weight is 147 g/mol. The molecule has 2 N–H and O–H groups in total. The summed E-state index contributed by atoms with van der Waals surface area (Å²) in [6.07, 6.45) is -0.380. The molecule has 0 aromatic heterocycles. The van der Waals surface area contributed by atoms with Crippen LogP contribution in [0.1, 0.15) is 19.8 Å². The van der Waals surface area contributed by atoms with Crippen molar-refractivity contribution in [2.24, 2.45) is 0 Å². The van der Waals surface area contributed by atoms with Crippen LogP contribution >= 0.6 is 0 Å². The minimum absolute atomic E-state index is 0.0565. The summed E-state index contributed by atoms with van der Waals surface area (Å²) < 4.78 is 0. The number of carbonyl (C=O) groups is 1. The van der Waals surface area contributed by atoms with Crippen molar-refractivity contribution in [3.8, 4) is 0 Å². The molecule has 0 amide bonds. The molecule has 0 fully saturated rings. The van der Waals surface area contributed by atoms with Gasteiger partial charge in [0.2, 0.25) is 0 Å². The van der Waals surface area contributed by atoms with Crippen LogP contribution in [-0.2, 0) is 4.79 Å². The van der Waals surface area contributed by atoms with Crippen LogP contribution in [0.4, 0.5) is 0 Å². The van der Waals surface area contributed by atoms with Crippen molar-refractivity contribution in [3.63, 3.8) is 0 Å². The van der Waals surface area contributed by atoms with Crippen LogP contribution in [0.2, 0.25) is 0 Å². The second-order valence-electron chi connectivity index (χ2n) is 2.52. The number of hydrogen-bond donors (Lipinski definition) is 2. The molecule has 1 atom stereocenters. The molecule has 0 rings (SSSR count). The first kappa shape index (κ1) is 9.39. The summed E-state index contributed by atoms with van der Waals surface area (Å²) in [6, 6.07) is 0. The minimum atomic E-state index is -1.34. The summed E-state index contributed by atoms with van der Waals surface area (Å²) >= 11 is 0. The molecule has 0 aliphatic carbocycles. The van der Waals surface area contributed by atoms with E-state index in [4.69, 9.17) is 10.2 Å². The zero-order valence-electron chi connectivity index (χ0n) is 5.83.